The molecule has 0 aliphatic carbocycles. The zero-order valence-corrected chi connectivity index (χ0v) is 6.90. The molecule has 0 saturated heterocycles. The van der Waals surface area contributed by atoms with Crippen LogP contribution in [0.1, 0.15) is 20.8 Å². The molecule has 1 aliphatic heterocycles. The highest BCUT2D eigenvalue weighted by molar-refractivity contribution is 5.08. The van der Waals surface area contributed by atoms with Gasteiger partial charge in [-0.25, -0.2) is 0 Å². The van der Waals surface area contributed by atoms with Crippen LogP contribution >= 0.6 is 0 Å². The summed E-state index contributed by atoms with van der Waals surface area (Å²) < 4.78 is 5.37. The van der Waals surface area contributed by atoms with Crippen molar-refractivity contribution in [3.8, 4) is 0 Å². The fraction of sp³-hybridized carbons (Fsp3) is 0.750. The first kappa shape index (κ1) is 7.45. The van der Waals surface area contributed by atoms with Gasteiger partial charge >= 0.3 is 0 Å². The van der Waals surface area contributed by atoms with E-state index >= 15 is 0 Å². The van der Waals surface area contributed by atoms with E-state index in [4.69, 9.17) is 4.74 Å². The maximum atomic E-state index is 5.37. The first-order chi connectivity index (χ1) is 4.72. The average molecular weight is 141 g/mol. The van der Waals surface area contributed by atoms with E-state index in [2.05, 4.69) is 19.2 Å². The minimum atomic E-state index is 0.556. The van der Waals surface area contributed by atoms with Gasteiger partial charge in [0.15, 0.2) is 0 Å². The van der Waals surface area contributed by atoms with Crippen LogP contribution in [0.2, 0.25) is 0 Å². The van der Waals surface area contributed by atoms with E-state index in [1.165, 1.54) is 5.70 Å². The Balaban J connectivity index is 2.68. The van der Waals surface area contributed by atoms with Gasteiger partial charge in [-0.3, -0.25) is 0 Å². The predicted octanol–water partition coefficient (Wildman–Crippen LogP) is 1.49. The van der Waals surface area contributed by atoms with Crippen molar-refractivity contribution in [2.75, 3.05) is 13.2 Å². The summed E-state index contributed by atoms with van der Waals surface area (Å²) in [5.41, 5.74) is 1.26. The molecular weight excluding hydrogens is 126 g/mol. The lowest BCUT2D eigenvalue weighted by atomic mass is 10.1. The molecule has 58 valence electrons. The lowest BCUT2D eigenvalue weighted by Crippen LogP contribution is -2.28. The van der Waals surface area contributed by atoms with Gasteiger partial charge in [-0.1, -0.05) is 13.8 Å². The second-order valence-corrected chi connectivity index (χ2v) is 2.90. The smallest absolute Gasteiger partial charge is 0.112 e. The van der Waals surface area contributed by atoms with Crippen LogP contribution < -0.4 is 5.32 Å². The SMILES string of the molecule is CC1=C(C(C)C)NCCO1. The van der Waals surface area contributed by atoms with Gasteiger partial charge in [-0.2, -0.15) is 0 Å². The largest absolute Gasteiger partial charge is 0.495 e. The highest BCUT2D eigenvalue weighted by Gasteiger charge is 2.11. The molecule has 0 atom stereocenters. The van der Waals surface area contributed by atoms with Crippen LogP contribution in [0.5, 0.6) is 0 Å². The molecule has 0 amide bonds. The molecule has 0 spiro atoms. The molecule has 0 aromatic heterocycles. The Morgan fingerprint density at radius 2 is 2.20 bits per heavy atom. The molecule has 0 unspecified atom stereocenters. The first-order valence-electron chi connectivity index (χ1n) is 3.79. The van der Waals surface area contributed by atoms with E-state index < -0.39 is 0 Å². The average Bonchev–Trinajstić information content (AvgIpc) is 1.88. The number of rotatable bonds is 1. The molecule has 2 nitrogen and oxygen atoms in total. The highest BCUT2D eigenvalue weighted by Crippen LogP contribution is 2.14. The predicted molar refractivity (Wildman–Crippen MR) is 41.5 cm³/mol. The van der Waals surface area contributed by atoms with Crippen molar-refractivity contribution in [1.29, 1.82) is 0 Å². The second-order valence-electron chi connectivity index (χ2n) is 2.90. The van der Waals surface area contributed by atoms with E-state index in [1.54, 1.807) is 0 Å². The second kappa shape index (κ2) is 2.95. The van der Waals surface area contributed by atoms with Gasteiger partial charge in [0.05, 0.1) is 5.70 Å². The summed E-state index contributed by atoms with van der Waals surface area (Å²) in [5.74, 6) is 1.61. The summed E-state index contributed by atoms with van der Waals surface area (Å²) >= 11 is 0. The van der Waals surface area contributed by atoms with Crippen molar-refractivity contribution in [2.24, 2.45) is 5.92 Å². The van der Waals surface area contributed by atoms with Crippen LogP contribution in [0, 0.1) is 5.92 Å². The molecule has 1 N–H and O–H groups in total. The fourth-order valence-corrected chi connectivity index (χ4v) is 1.20. The summed E-state index contributed by atoms with van der Waals surface area (Å²) in [7, 11) is 0. The maximum Gasteiger partial charge on any atom is 0.112 e. The number of hydrogen-bond donors (Lipinski definition) is 1. The molecule has 0 fully saturated rings. The normalized spacial score (nSPS) is 18.8. The van der Waals surface area contributed by atoms with Crippen molar-refractivity contribution in [3.05, 3.63) is 11.5 Å². The van der Waals surface area contributed by atoms with Crippen molar-refractivity contribution < 1.29 is 4.74 Å². The van der Waals surface area contributed by atoms with E-state index in [9.17, 15) is 0 Å². The van der Waals surface area contributed by atoms with Gasteiger partial charge in [0.1, 0.15) is 12.4 Å². The monoisotopic (exact) mass is 141 g/mol. The first-order valence-corrected chi connectivity index (χ1v) is 3.79. The molecule has 1 aliphatic rings. The lowest BCUT2D eigenvalue weighted by molar-refractivity contribution is 0.187. The number of hydrogen-bond acceptors (Lipinski definition) is 2. The zero-order chi connectivity index (χ0) is 7.56. The minimum absolute atomic E-state index is 0.556. The summed E-state index contributed by atoms with van der Waals surface area (Å²) in [6.45, 7) is 8.11. The summed E-state index contributed by atoms with van der Waals surface area (Å²) in [4.78, 5) is 0. The van der Waals surface area contributed by atoms with Gasteiger partial charge < -0.3 is 10.1 Å². The molecule has 0 bridgehead atoms. The maximum absolute atomic E-state index is 5.37. The molecular formula is C8H15NO. The zero-order valence-electron chi connectivity index (χ0n) is 6.90. The van der Waals surface area contributed by atoms with Gasteiger partial charge in [0.2, 0.25) is 0 Å². The van der Waals surface area contributed by atoms with Crippen LogP contribution in [0.4, 0.5) is 0 Å². The Kier molecular flexibility index (Phi) is 2.20. The van der Waals surface area contributed by atoms with Gasteiger partial charge in [-0.05, 0) is 12.8 Å². The topological polar surface area (TPSA) is 21.3 Å². The lowest BCUT2D eigenvalue weighted by Gasteiger charge is -2.23. The Bertz CT molecular complexity index is 149. The van der Waals surface area contributed by atoms with Crippen LogP contribution in [-0.4, -0.2) is 13.2 Å². The summed E-state index contributed by atoms with van der Waals surface area (Å²) in [6.07, 6.45) is 0. The van der Waals surface area contributed by atoms with Crippen LogP contribution in [-0.2, 0) is 4.74 Å². The van der Waals surface area contributed by atoms with Crippen molar-refractivity contribution in [1.82, 2.24) is 5.32 Å². The Labute approximate surface area is 62.3 Å². The Hall–Kier alpha value is -0.660. The third-order valence-corrected chi connectivity index (χ3v) is 1.69. The number of nitrogens with one attached hydrogen (secondary N) is 1. The molecule has 0 saturated carbocycles. The third kappa shape index (κ3) is 1.43. The summed E-state index contributed by atoms with van der Waals surface area (Å²) in [5, 5.41) is 3.32. The number of ether oxygens (including phenoxy) is 1. The van der Waals surface area contributed by atoms with Crippen molar-refractivity contribution >= 4 is 0 Å². The van der Waals surface area contributed by atoms with Crippen molar-refractivity contribution in [3.63, 3.8) is 0 Å². The van der Waals surface area contributed by atoms with Crippen LogP contribution in [0.25, 0.3) is 0 Å². The van der Waals surface area contributed by atoms with Gasteiger partial charge in [0.25, 0.3) is 0 Å². The van der Waals surface area contributed by atoms with E-state index in [1.807, 2.05) is 6.92 Å². The molecule has 10 heavy (non-hydrogen) atoms. The van der Waals surface area contributed by atoms with Crippen molar-refractivity contribution in [2.45, 2.75) is 20.8 Å². The Morgan fingerprint density at radius 1 is 1.50 bits per heavy atom. The fourth-order valence-electron chi connectivity index (χ4n) is 1.20. The van der Waals surface area contributed by atoms with Gasteiger partial charge in [0, 0.05) is 6.54 Å². The summed E-state index contributed by atoms with van der Waals surface area (Å²) in [6, 6.07) is 0. The van der Waals surface area contributed by atoms with E-state index in [0.717, 1.165) is 18.9 Å². The Morgan fingerprint density at radius 3 is 2.60 bits per heavy atom. The third-order valence-electron chi connectivity index (χ3n) is 1.69. The van der Waals surface area contributed by atoms with E-state index in [0.29, 0.717) is 5.92 Å². The van der Waals surface area contributed by atoms with Crippen LogP contribution in [0.15, 0.2) is 11.5 Å². The highest BCUT2D eigenvalue weighted by atomic mass is 16.5. The molecule has 0 aromatic carbocycles. The molecule has 0 radical (unpaired) electrons. The number of allylic oxidation sites excluding steroid dienone is 2. The minimum Gasteiger partial charge on any atom is -0.495 e. The quantitative estimate of drug-likeness (QED) is 0.597. The molecule has 1 heterocycles. The molecule has 2 heteroatoms. The molecule has 1 rings (SSSR count). The standard InChI is InChI=1S/C8H15NO/c1-6(2)8-7(3)10-5-4-9-8/h6,9H,4-5H2,1-3H3. The molecule has 0 aromatic rings. The van der Waals surface area contributed by atoms with E-state index in [-0.39, 0.29) is 0 Å². The van der Waals surface area contributed by atoms with Gasteiger partial charge in [-0.15, -0.1) is 0 Å². The van der Waals surface area contributed by atoms with Crippen LogP contribution in [0.3, 0.4) is 0 Å².